The summed E-state index contributed by atoms with van der Waals surface area (Å²) in [5.41, 5.74) is 7.51. The summed E-state index contributed by atoms with van der Waals surface area (Å²) >= 11 is 0. The zero-order valence-electron chi connectivity index (χ0n) is 9.41. The molecule has 2 rings (SSSR count). The van der Waals surface area contributed by atoms with E-state index in [2.05, 4.69) is 5.32 Å². The van der Waals surface area contributed by atoms with Crippen molar-refractivity contribution in [2.45, 2.75) is 0 Å². The molecular weight excluding hydrogens is 219 g/mol. The van der Waals surface area contributed by atoms with E-state index >= 15 is 0 Å². The van der Waals surface area contributed by atoms with Crippen molar-refractivity contribution in [3.05, 3.63) is 48.3 Å². The first-order valence-corrected chi connectivity index (χ1v) is 5.16. The zero-order valence-corrected chi connectivity index (χ0v) is 9.41. The number of ether oxygens (including phenoxy) is 1. The van der Waals surface area contributed by atoms with E-state index in [0.717, 1.165) is 5.69 Å². The van der Waals surface area contributed by atoms with Gasteiger partial charge in [-0.15, -0.1) is 0 Å². The van der Waals surface area contributed by atoms with Gasteiger partial charge in [-0.2, -0.15) is 0 Å². The smallest absolute Gasteiger partial charge is 0.142 e. The Morgan fingerprint density at radius 2 is 1.88 bits per heavy atom. The summed E-state index contributed by atoms with van der Waals surface area (Å²) in [6.45, 7) is 0. The van der Waals surface area contributed by atoms with E-state index in [1.54, 1.807) is 7.11 Å². The fourth-order valence-electron chi connectivity index (χ4n) is 1.53. The molecule has 2 aromatic rings. The molecule has 0 heterocycles. The third-order valence-corrected chi connectivity index (χ3v) is 2.39. The Kier molecular flexibility index (Phi) is 3.14. The maximum absolute atomic E-state index is 13.1. The number of methoxy groups -OCH3 is 1. The molecule has 0 aromatic heterocycles. The third-order valence-electron chi connectivity index (χ3n) is 2.39. The molecule has 0 fully saturated rings. The molecule has 17 heavy (non-hydrogen) atoms. The molecule has 88 valence electrons. The molecule has 0 aliphatic carbocycles. The Balaban J connectivity index is 2.34. The summed E-state index contributed by atoms with van der Waals surface area (Å²) in [5, 5.41) is 3.04. The Bertz CT molecular complexity index is 529. The van der Waals surface area contributed by atoms with Crippen molar-refractivity contribution in [3.8, 4) is 5.75 Å². The Morgan fingerprint density at radius 3 is 2.65 bits per heavy atom. The van der Waals surface area contributed by atoms with Gasteiger partial charge in [-0.1, -0.05) is 12.1 Å². The van der Waals surface area contributed by atoms with Crippen molar-refractivity contribution in [2.24, 2.45) is 0 Å². The molecule has 3 N–H and O–H groups in total. The molecule has 0 atom stereocenters. The highest BCUT2D eigenvalue weighted by molar-refractivity contribution is 5.75. The summed E-state index contributed by atoms with van der Waals surface area (Å²) in [7, 11) is 1.58. The minimum absolute atomic E-state index is 0.336. The van der Waals surface area contributed by atoms with Gasteiger partial charge < -0.3 is 15.8 Å². The lowest BCUT2D eigenvalue weighted by Gasteiger charge is -2.12. The fourth-order valence-corrected chi connectivity index (χ4v) is 1.53. The summed E-state index contributed by atoms with van der Waals surface area (Å²) in [4.78, 5) is 0. The molecule has 0 saturated heterocycles. The quantitative estimate of drug-likeness (QED) is 0.799. The number of hydrogen-bond acceptors (Lipinski definition) is 3. The van der Waals surface area contributed by atoms with Crippen LogP contribution >= 0.6 is 0 Å². The van der Waals surface area contributed by atoms with Gasteiger partial charge in [-0.25, -0.2) is 4.39 Å². The van der Waals surface area contributed by atoms with E-state index in [4.69, 9.17) is 10.5 Å². The minimum atomic E-state index is -0.336. The van der Waals surface area contributed by atoms with E-state index in [1.165, 1.54) is 18.2 Å². The van der Waals surface area contributed by atoms with Crippen molar-refractivity contribution < 1.29 is 9.13 Å². The van der Waals surface area contributed by atoms with Gasteiger partial charge in [0.05, 0.1) is 24.2 Å². The Hall–Kier alpha value is -2.23. The van der Waals surface area contributed by atoms with Crippen LogP contribution in [-0.2, 0) is 0 Å². The minimum Gasteiger partial charge on any atom is -0.495 e. The van der Waals surface area contributed by atoms with Gasteiger partial charge in [0.2, 0.25) is 0 Å². The molecule has 4 heteroatoms. The SMILES string of the molecule is COc1ccccc1Nc1cc(F)ccc1N. The van der Waals surface area contributed by atoms with Gasteiger partial charge >= 0.3 is 0 Å². The molecule has 0 aliphatic heterocycles. The first kappa shape index (κ1) is 11.3. The standard InChI is InChI=1S/C13H13FN2O/c1-17-13-5-3-2-4-11(13)16-12-8-9(14)6-7-10(12)15/h2-8,16H,15H2,1H3. The lowest BCUT2D eigenvalue weighted by molar-refractivity contribution is 0.417. The molecule has 0 bridgehead atoms. The van der Waals surface area contributed by atoms with Crippen LogP contribution in [0.1, 0.15) is 0 Å². The highest BCUT2D eigenvalue weighted by atomic mass is 19.1. The van der Waals surface area contributed by atoms with E-state index in [9.17, 15) is 4.39 Å². The van der Waals surface area contributed by atoms with Crippen LogP contribution in [0.3, 0.4) is 0 Å². The van der Waals surface area contributed by atoms with E-state index in [-0.39, 0.29) is 5.82 Å². The predicted molar refractivity (Wildman–Crippen MR) is 67.1 cm³/mol. The van der Waals surface area contributed by atoms with Crippen LogP contribution in [0.25, 0.3) is 0 Å². The van der Waals surface area contributed by atoms with Crippen LogP contribution in [-0.4, -0.2) is 7.11 Å². The van der Waals surface area contributed by atoms with E-state index in [0.29, 0.717) is 17.1 Å². The maximum Gasteiger partial charge on any atom is 0.142 e. The number of benzene rings is 2. The molecule has 0 saturated carbocycles. The lowest BCUT2D eigenvalue weighted by Crippen LogP contribution is -1.98. The topological polar surface area (TPSA) is 47.3 Å². The molecule has 0 amide bonds. The maximum atomic E-state index is 13.1. The van der Waals surface area contributed by atoms with Gasteiger partial charge in [0, 0.05) is 0 Å². The number of rotatable bonds is 3. The summed E-state index contributed by atoms with van der Waals surface area (Å²) in [6.07, 6.45) is 0. The molecule has 2 aromatic carbocycles. The number of halogens is 1. The average Bonchev–Trinajstić information content (AvgIpc) is 2.34. The van der Waals surface area contributed by atoms with E-state index in [1.807, 2.05) is 24.3 Å². The predicted octanol–water partition coefficient (Wildman–Crippen LogP) is 3.16. The second kappa shape index (κ2) is 4.74. The van der Waals surface area contributed by atoms with Crippen molar-refractivity contribution in [3.63, 3.8) is 0 Å². The van der Waals surface area contributed by atoms with Crippen LogP contribution < -0.4 is 15.8 Å². The Morgan fingerprint density at radius 1 is 1.12 bits per heavy atom. The van der Waals surface area contributed by atoms with Crippen LogP contribution in [0.15, 0.2) is 42.5 Å². The van der Waals surface area contributed by atoms with E-state index < -0.39 is 0 Å². The van der Waals surface area contributed by atoms with Gasteiger partial charge in [-0.3, -0.25) is 0 Å². The van der Waals surface area contributed by atoms with Crippen LogP contribution in [0.2, 0.25) is 0 Å². The first-order valence-electron chi connectivity index (χ1n) is 5.16. The summed E-state index contributed by atoms with van der Waals surface area (Å²) in [6, 6.07) is 11.6. The zero-order chi connectivity index (χ0) is 12.3. The van der Waals surface area contributed by atoms with Crippen LogP contribution in [0, 0.1) is 5.82 Å². The monoisotopic (exact) mass is 232 g/mol. The van der Waals surface area contributed by atoms with Crippen molar-refractivity contribution >= 4 is 17.1 Å². The molecular formula is C13H13FN2O. The highest BCUT2D eigenvalue weighted by Crippen LogP contribution is 2.29. The molecule has 3 nitrogen and oxygen atoms in total. The second-order valence-corrected chi connectivity index (χ2v) is 3.56. The highest BCUT2D eigenvalue weighted by Gasteiger charge is 2.05. The molecule has 0 aliphatic rings. The molecule has 0 spiro atoms. The average molecular weight is 232 g/mol. The molecule has 0 unspecified atom stereocenters. The van der Waals surface area contributed by atoms with Crippen molar-refractivity contribution in [2.75, 3.05) is 18.2 Å². The number of hydrogen-bond donors (Lipinski definition) is 2. The van der Waals surface area contributed by atoms with Gasteiger partial charge in [0.25, 0.3) is 0 Å². The first-order chi connectivity index (χ1) is 8.20. The number of nitrogens with two attached hydrogens (primary N) is 1. The van der Waals surface area contributed by atoms with Gasteiger partial charge in [-0.05, 0) is 30.3 Å². The number of anilines is 3. The third kappa shape index (κ3) is 2.47. The molecule has 0 radical (unpaired) electrons. The fraction of sp³-hybridized carbons (Fsp3) is 0.0769. The Labute approximate surface area is 99.0 Å². The number of para-hydroxylation sites is 2. The van der Waals surface area contributed by atoms with Gasteiger partial charge in [0.15, 0.2) is 0 Å². The lowest BCUT2D eigenvalue weighted by atomic mass is 10.2. The van der Waals surface area contributed by atoms with Crippen LogP contribution in [0.5, 0.6) is 5.75 Å². The van der Waals surface area contributed by atoms with Crippen LogP contribution in [0.4, 0.5) is 21.5 Å². The van der Waals surface area contributed by atoms with Crippen molar-refractivity contribution in [1.82, 2.24) is 0 Å². The van der Waals surface area contributed by atoms with Gasteiger partial charge in [0.1, 0.15) is 11.6 Å². The second-order valence-electron chi connectivity index (χ2n) is 3.56. The summed E-state index contributed by atoms with van der Waals surface area (Å²) in [5.74, 6) is 0.341. The van der Waals surface area contributed by atoms with Crippen molar-refractivity contribution in [1.29, 1.82) is 0 Å². The number of nitrogens with one attached hydrogen (secondary N) is 1. The summed E-state index contributed by atoms with van der Waals surface area (Å²) < 4.78 is 18.3. The number of nitrogen functional groups attached to an aromatic ring is 1. The largest absolute Gasteiger partial charge is 0.495 e. The normalized spacial score (nSPS) is 10.0.